The molecule has 1 aliphatic heterocycles. The zero-order valence-corrected chi connectivity index (χ0v) is 14.1. The predicted octanol–water partition coefficient (Wildman–Crippen LogP) is 2.34. The van der Waals surface area contributed by atoms with Crippen LogP contribution in [0.4, 0.5) is 0 Å². The van der Waals surface area contributed by atoms with Crippen molar-refractivity contribution >= 4 is 21.8 Å². The number of aromatic nitrogens is 2. The molecule has 0 aromatic carbocycles. The van der Waals surface area contributed by atoms with Crippen molar-refractivity contribution in [2.45, 2.75) is 55.2 Å². The van der Waals surface area contributed by atoms with Gasteiger partial charge in [0.25, 0.3) is 0 Å². The van der Waals surface area contributed by atoms with E-state index >= 15 is 0 Å². The topological polar surface area (TPSA) is 55.2 Å². The summed E-state index contributed by atoms with van der Waals surface area (Å²) in [4.78, 5) is 0.335. The predicted molar refractivity (Wildman–Crippen MR) is 84.9 cm³/mol. The van der Waals surface area contributed by atoms with Crippen LogP contribution in [-0.4, -0.2) is 46.1 Å². The molecule has 1 aromatic heterocycles. The van der Waals surface area contributed by atoms with Gasteiger partial charge in [0.1, 0.15) is 4.90 Å². The molecule has 0 radical (unpaired) electrons. The monoisotopic (exact) mass is 329 g/mol. The summed E-state index contributed by atoms with van der Waals surface area (Å²) in [6.45, 7) is 3.93. The SMILES string of the molecule is CCn1cc(S(=O)(=O)N2CCSC3(CCCCC3)C2)cn1. The molecule has 1 saturated carbocycles. The lowest BCUT2D eigenvalue weighted by molar-refractivity contribution is 0.304. The Morgan fingerprint density at radius 1 is 1.33 bits per heavy atom. The number of rotatable bonds is 3. The van der Waals surface area contributed by atoms with Gasteiger partial charge in [-0.25, -0.2) is 8.42 Å². The average Bonchev–Trinajstić information content (AvgIpc) is 2.98. The third-order valence-corrected chi connectivity index (χ3v) is 7.88. The maximum Gasteiger partial charge on any atom is 0.246 e. The summed E-state index contributed by atoms with van der Waals surface area (Å²) >= 11 is 1.98. The first-order chi connectivity index (χ1) is 10.1. The summed E-state index contributed by atoms with van der Waals surface area (Å²) in [6.07, 6.45) is 9.18. The minimum atomic E-state index is -3.39. The highest BCUT2D eigenvalue weighted by Crippen LogP contribution is 2.43. The van der Waals surface area contributed by atoms with E-state index in [1.807, 2.05) is 18.7 Å². The Kier molecular flexibility index (Phi) is 4.34. The van der Waals surface area contributed by atoms with Gasteiger partial charge in [-0.15, -0.1) is 0 Å². The van der Waals surface area contributed by atoms with E-state index in [0.717, 1.165) is 18.6 Å². The summed E-state index contributed by atoms with van der Waals surface area (Å²) in [5, 5.41) is 4.11. The second-order valence-electron chi connectivity index (χ2n) is 5.96. The summed E-state index contributed by atoms with van der Waals surface area (Å²) in [7, 11) is -3.39. The Labute approximate surface area is 131 Å². The van der Waals surface area contributed by atoms with Gasteiger partial charge in [-0.2, -0.15) is 21.2 Å². The van der Waals surface area contributed by atoms with Crippen molar-refractivity contribution in [2.24, 2.45) is 0 Å². The molecule has 5 nitrogen and oxygen atoms in total. The zero-order chi connectivity index (χ0) is 14.9. The highest BCUT2D eigenvalue weighted by molar-refractivity contribution is 8.00. The van der Waals surface area contributed by atoms with Gasteiger partial charge in [-0.1, -0.05) is 19.3 Å². The maximum absolute atomic E-state index is 12.8. The van der Waals surface area contributed by atoms with Gasteiger partial charge in [-0.05, 0) is 19.8 Å². The zero-order valence-electron chi connectivity index (χ0n) is 12.5. The summed E-state index contributed by atoms with van der Waals surface area (Å²) in [5.74, 6) is 0.904. The Bertz CT molecular complexity index is 586. The van der Waals surface area contributed by atoms with E-state index in [1.54, 1.807) is 15.2 Å². The number of nitrogens with zero attached hydrogens (tertiary/aromatic N) is 3. The summed E-state index contributed by atoms with van der Waals surface area (Å²) in [5.41, 5.74) is 0. The van der Waals surface area contributed by atoms with Crippen LogP contribution in [-0.2, 0) is 16.6 Å². The lowest BCUT2D eigenvalue weighted by Crippen LogP contribution is -2.49. The summed E-state index contributed by atoms with van der Waals surface area (Å²) in [6, 6.07) is 0. The van der Waals surface area contributed by atoms with Crippen molar-refractivity contribution in [2.75, 3.05) is 18.8 Å². The normalized spacial score (nSPS) is 23.5. The molecule has 0 amide bonds. The van der Waals surface area contributed by atoms with Crippen LogP contribution in [0.15, 0.2) is 17.3 Å². The molecule has 1 aromatic rings. The molecule has 0 N–H and O–H groups in total. The van der Waals surface area contributed by atoms with Crippen LogP contribution in [0.5, 0.6) is 0 Å². The standard InChI is InChI=1S/C14H23N3O2S2/c1-2-16-11-13(10-15-16)21(18,19)17-8-9-20-14(12-17)6-4-3-5-7-14/h10-11H,2-9,12H2,1H3. The minimum absolute atomic E-state index is 0.157. The molecule has 0 unspecified atom stereocenters. The van der Waals surface area contributed by atoms with E-state index in [0.29, 0.717) is 24.5 Å². The lowest BCUT2D eigenvalue weighted by Gasteiger charge is -2.43. The van der Waals surface area contributed by atoms with E-state index in [9.17, 15) is 8.42 Å². The molecule has 1 saturated heterocycles. The molecule has 21 heavy (non-hydrogen) atoms. The first kappa shape index (κ1) is 15.4. The van der Waals surface area contributed by atoms with E-state index in [1.165, 1.54) is 25.5 Å². The fourth-order valence-corrected chi connectivity index (χ4v) is 6.56. The molecular weight excluding hydrogens is 306 g/mol. The van der Waals surface area contributed by atoms with Crippen molar-refractivity contribution in [1.29, 1.82) is 0 Å². The van der Waals surface area contributed by atoms with Gasteiger partial charge in [0, 0.05) is 36.3 Å². The molecule has 118 valence electrons. The number of hydrogen-bond acceptors (Lipinski definition) is 4. The average molecular weight is 329 g/mol. The molecule has 0 atom stereocenters. The number of sulfonamides is 1. The fraction of sp³-hybridized carbons (Fsp3) is 0.786. The minimum Gasteiger partial charge on any atom is -0.272 e. The van der Waals surface area contributed by atoms with Gasteiger partial charge in [-0.3, -0.25) is 4.68 Å². The molecule has 2 aliphatic rings. The quantitative estimate of drug-likeness (QED) is 0.854. The first-order valence-electron chi connectivity index (χ1n) is 7.72. The Morgan fingerprint density at radius 2 is 2.10 bits per heavy atom. The molecule has 1 spiro atoms. The number of thioether (sulfide) groups is 1. The Hall–Kier alpha value is -0.530. The molecule has 3 rings (SSSR count). The number of hydrogen-bond donors (Lipinski definition) is 0. The van der Waals surface area contributed by atoms with Crippen molar-refractivity contribution in [3.05, 3.63) is 12.4 Å². The van der Waals surface area contributed by atoms with Crippen LogP contribution in [0.2, 0.25) is 0 Å². The molecule has 2 heterocycles. The molecular formula is C14H23N3O2S2. The molecule has 0 bridgehead atoms. The highest BCUT2D eigenvalue weighted by atomic mass is 32.2. The molecule has 1 aliphatic carbocycles. The lowest BCUT2D eigenvalue weighted by atomic mass is 9.88. The van der Waals surface area contributed by atoms with Crippen LogP contribution < -0.4 is 0 Å². The van der Waals surface area contributed by atoms with Gasteiger partial charge >= 0.3 is 0 Å². The fourth-order valence-electron chi connectivity index (χ4n) is 3.31. The van der Waals surface area contributed by atoms with Crippen LogP contribution in [0.25, 0.3) is 0 Å². The Morgan fingerprint density at radius 3 is 2.76 bits per heavy atom. The second-order valence-corrected chi connectivity index (χ2v) is 9.46. The maximum atomic E-state index is 12.8. The van der Waals surface area contributed by atoms with Gasteiger partial charge in [0.15, 0.2) is 0 Å². The van der Waals surface area contributed by atoms with Crippen LogP contribution in [0.3, 0.4) is 0 Å². The largest absolute Gasteiger partial charge is 0.272 e. The first-order valence-corrected chi connectivity index (χ1v) is 10.1. The van der Waals surface area contributed by atoms with Crippen LogP contribution >= 0.6 is 11.8 Å². The smallest absolute Gasteiger partial charge is 0.246 e. The van der Waals surface area contributed by atoms with Gasteiger partial charge in [0.2, 0.25) is 10.0 Å². The summed E-state index contributed by atoms with van der Waals surface area (Å²) < 4.78 is 29.1. The van der Waals surface area contributed by atoms with Crippen molar-refractivity contribution < 1.29 is 8.42 Å². The van der Waals surface area contributed by atoms with Crippen LogP contribution in [0, 0.1) is 0 Å². The van der Waals surface area contributed by atoms with Gasteiger partial charge in [0.05, 0.1) is 6.20 Å². The Balaban J connectivity index is 1.81. The van der Waals surface area contributed by atoms with E-state index in [2.05, 4.69) is 5.10 Å². The van der Waals surface area contributed by atoms with E-state index < -0.39 is 10.0 Å². The van der Waals surface area contributed by atoms with Crippen molar-refractivity contribution in [1.82, 2.24) is 14.1 Å². The van der Waals surface area contributed by atoms with Crippen LogP contribution in [0.1, 0.15) is 39.0 Å². The highest BCUT2D eigenvalue weighted by Gasteiger charge is 2.41. The second kappa shape index (κ2) is 5.93. The molecule has 7 heteroatoms. The third kappa shape index (κ3) is 3.00. The van der Waals surface area contributed by atoms with E-state index in [4.69, 9.17) is 0 Å². The van der Waals surface area contributed by atoms with Crippen molar-refractivity contribution in [3.63, 3.8) is 0 Å². The number of aryl methyl sites for hydroxylation is 1. The third-order valence-electron chi connectivity index (χ3n) is 4.55. The van der Waals surface area contributed by atoms with Gasteiger partial charge < -0.3 is 0 Å². The van der Waals surface area contributed by atoms with E-state index in [-0.39, 0.29) is 4.75 Å². The van der Waals surface area contributed by atoms with Crippen molar-refractivity contribution in [3.8, 4) is 0 Å². The molecule has 2 fully saturated rings.